The van der Waals surface area contributed by atoms with Crippen molar-refractivity contribution < 1.29 is 18.4 Å². The van der Waals surface area contributed by atoms with E-state index in [0.717, 1.165) is 5.56 Å². The van der Waals surface area contributed by atoms with E-state index in [1.807, 2.05) is 0 Å². The van der Waals surface area contributed by atoms with Gasteiger partial charge in [-0.25, -0.2) is 13.6 Å². The predicted molar refractivity (Wildman–Crippen MR) is 120 cm³/mol. The van der Waals surface area contributed by atoms with Crippen LogP contribution in [-0.4, -0.2) is 24.0 Å². The molecule has 164 valence electrons. The quantitative estimate of drug-likeness (QED) is 0.581. The van der Waals surface area contributed by atoms with E-state index in [2.05, 4.69) is 10.6 Å². The lowest BCUT2D eigenvalue weighted by atomic mass is 9.89. The fourth-order valence-electron chi connectivity index (χ4n) is 3.92. The van der Waals surface area contributed by atoms with E-state index >= 15 is 0 Å². The summed E-state index contributed by atoms with van der Waals surface area (Å²) in [5, 5.41) is 5.39. The second-order valence-electron chi connectivity index (χ2n) is 8.01. The summed E-state index contributed by atoms with van der Waals surface area (Å²) in [5.74, 6) is -0.933. The molecular formula is C25H23F2N3O2. The maximum Gasteiger partial charge on any atom is 0.320 e. The number of carbonyl (C=O) groups excluding carboxylic acids is 2. The Morgan fingerprint density at radius 1 is 0.969 bits per heavy atom. The summed E-state index contributed by atoms with van der Waals surface area (Å²) in [6, 6.07) is 18.5. The third-order valence-electron chi connectivity index (χ3n) is 5.63. The van der Waals surface area contributed by atoms with Crippen molar-refractivity contribution in [3.8, 4) is 11.1 Å². The number of hydrogen-bond acceptors (Lipinski definition) is 2. The average Bonchev–Trinajstić information content (AvgIpc) is 2.78. The van der Waals surface area contributed by atoms with Gasteiger partial charge in [0, 0.05) is 23.5 Å². The summed E-state index contributed by atoms with van der Waals surface area (Å²) >= 11 is 0. The van der Waals surface area contributed by atoms with E-state index in [1.54, 1.807) is 54.3 Å². The van der Waals surface area contributed by atoms with Crippen LogP contribution in [-0.2, 0) is 4.79 Å². The van der Waals surface area contributed by atoms with E-state index in [4.69, 9.17) is 0 Å². The van der Waals surface area contributed by atoms with Crippen molar-refractivity contribution in [2.45, 2.75) is 25.3 Å². The molecule has 32 heavy (non-hydrogen) atoms. The average molecular weight is 435 g/mol. The maximum atomic E-state index is 14.1. The van der Waals surface area contributed by atoms with Gasteiger partial charge in [0.05, 0.1) is 0 Å². The monoisotopic (exact) mass is 435 g/mol. The zero-order valence-corrected chi connectivity index (χ0v) is 17.6. The Morgan fingerprint density at radius 2 is 1.66 bits per heavy atom. The minimum Gasteiger partial charge on any atom is -0.324 e. The van der Waals surface area contributed by atoms with Crippen LogP contribution in [0.5, 0.6) is 0 Å². The van der Waals surface area contributed by atoms with Gasteiger partial charge in [0.15, 0.2) is 0 Å². The van der Waals surface area contributed by atoms with E-state index in [9.17, 15) is 18.4 Å². The van der Waals surface area contributed by atoms with Gasteiger partial charge in [-0.2, -0.15) is 0 Å². The number of rotatable bonds is 4. The molecule has 1 fully saturated rings. The zero-order valence-electron chi connectivity index (χ0n) is 17.6. The standard InChI is InChI=1S/C25H23F2N3O2/c1-25(29-24(32)28-19-11-9-18(26)10-12-19)15-4-16-30(23(25)31)20-13-7-17(8-14-20)21-5-2-3-6-22(21)27/h2-3,5-14H,4,15-16H2,1H3,(H2,28,29,32)/t25-/m0/s1. The molecule has 1 saturated heterocycles. The lowest BCUT2D eigenvalue weighted by molar-refractivity contribution is -0.125. The number of hydrogen-bond donors (Lipinski definition) is 2. The predicted octanol–water partition coefficient (Wildman–Crippen LogP) is 5.34. The van der Waals surface area contributed by atoms with Gasteiger partial charge in [-0.1, -0.05) is 30.3 Å². The SMILES string of the molecule is C[C@]1(NC(=O)Nc2ccc(F)cc2)CCCN(c2ccc(-c3ccccc3F)cc2)C1=O. The normalized spacial score (nSPS) is 18.3. The second-order valence-corrected chi connectivity index (χ2v) is 8.01. The van der Waals surface area contributed by atoms with Crippen molar-refractivity contribution in [3.05, 3.63) is 84.4 Å². The highest BCUT2D eigenvalue weighted by Gasteiger charge is 2.41. The molecule has 5 nitrogen and oxygen atoms in total. The largest absolute Gasteiger partial charge is 0.324 e. The van der Waals surface area contributed by atoms with Crippen LogP contribution >= 0.6 is 0 Å². The molecule has 3 aromatic rings. The van der Waals surface area contributed by atoms with Crippen LogP contribution in [0.1, 0.15) is 19.8 Å². The minimum absolute atomic E-state index is 0.225. The molecule has 1 heterocycles. The number of urea groups is 1. The van der Waals surface area contributed by atoms with Gasteiger partial charge in [-0.15, -0.1) is 0 Å². The van der Waals surface area contributed by atoms with Crippen molar-refractivity contribution in [2.24, 2.45) is 0 Å². The smallest absolute Gasteiger partial charge is 0.320 e. The Bertz CT molecular complexity index is 1130. The van der Waals surface area contributed by atoms with E-state index < -0.39 is 17.4 Å². The van der Waals surface area contributed by atoms with Gasteiger partial charge in [0.2, 0.25) is 0 Å². The van der Waals surface area contributed by atoms with E-state index in [-0.39, 0.29) is 11.7 Å². The number of amides is 3. The van der Waals surface area contributed by atoms with Gasteiger partial charge in [-0.3, -0.25) is 4.79 Å². The highest BCUT2D eigenvalue weighted by molar-refractivity contribution is 6.04. The maximum absolute atomic E-state index is 14.1. The Labute approximate surface area is 185 Å². The van der Waals surface area contributed by atoms with E-state index in [0.29, 0.717) is 36.3 Å². The van der Waals surface area contributed by atoms with Crippen molar-refractivity contribution in [3.63, 3.8) is 0 Å². The van der Waals surface area contributed by atoms with Gasteiger partial charge in [0.25, 0.3) is 5.91 Å². The molecule has 0 bridgehead atoms. The van der Waals surface area contributed by atoms with Crippen LogP contribution in [0, 0.1) is 11.6 Å². The number of benzene rings is 3. The van der Waals surface area contributed by atoms with Crippen molar-refractivity contribution >= 4 is 23.3 Å². The van der Waals surface area contributed by atoms with Gasteiger partial charge in [0.1, 0.15) is 17.2 Å². The first-order valence-electron chi connectivity index (χ1n) is 10.4. The first kappa shape index (κ1) is 21.5. The highest BCUT2D eigenvalue weighted by atomic mass is 19.1. The molecule has 2 N–H and O–H groups in total. The summed E-state index contributed by atoms with van der Waals surface area (Å²) in [4.78, 5) is 27.4. The molecule has 3 aromatic carbocycles. The Kier molecular flexibility index (Phi) is 5.90. The number of anilines is 2. The number of carbonyl (C=O) groups is 2. The minimum atomic E-state index is -1.09. The van der Waals surface area contributed by atoms with Crippen LogP contribution in [0.4, 0.5) is 25.0 Å². The molecule has 1 atom stereocenters. The first-order valence-corrected chi connectivity index (χ1v) is 10.4. The molecule has 0 aliphatic carbocycles. The topological polar surface area (TPSA) is 61.4 Å². The summed E-state index contributed by atoms with van der Waals surface area (Å²) in [6.07, 6.45) is 1.20. The number of halogens is 2. The van der Waals surface area contributed by atoms with Crippen molar-refractivity contribution in [1.29, 1.82) is 0 Å². The highest BCUT2D eigenvalue weighted by Crippen LogP contribution is 2.30. The Morgan fingerprint density at radius 3 is 2.34 bits per heavy atom. The van der Waals surface area contributed by atoms with Gasteiger partial charge >= 0.3 is 6.03 Å². The van der Waals surface area contributed by atoms with Crippen LogP contribution in [0.15, 0.2) is 72.8 Å². The van der Waals surface area contributed by atoms with Gasteiger partial charge < -0.3 is 15.5 Å². The Hall–Kier alpha value is -3.74. The molecule has 0 aromatic heterocycles. The summed E-state index contributed by atoms with van der Waals surface area (Å²) < 4.78 is 27.1. The number of nitrogens with one attached hydrogen (secondary N) is 2. The van der Waals surface area contributed by atoms with Crippen LogP contribution in [0.2, 0.25) is 0 Å². The van der Waals surface area contributed by atoms with Crippen LogP contribution < -0.4 is 15.5 Å². The van der Waals surface area contributed by atoms with Crippen LogP contribution in [0.3, 0.4) is 0 Å². The molecule has 3 amide bonds. The molecular weight excluding hydrogens is 412 g/mol. The summed E-state index contributed by atoms with van der Waals surface area (Å²) in [6.45, 7) is 2.22. The molecule has 1 aliphatic heterocycles. The molecule has 7 heteroatoms. The third kappa shape index (κ3) is 4.46. The third-order valence-corrected chi connectivity index (χ3v) is 5.63. The fraction of sp³-hybridized carbons (Fsp3) is 0.200. The molecule has 0 spiro atoms. The summed E-state index contributed by atoms with van der Waals surface area (Å²) in [7, 11) is 0. The van der Waals surface area contributed by atoms with Crippen molar-refractivity contribution in [2.75, 3.05) is 16.8 Å². The van der Waals surface area contributed by atoms with Crippen molar-refractivity contribution in [1.82, 2.24) is 5.32 Å². The molecule has 1 aliphatic rings. The molecule has 0 unspecified atom stereocenters. The molecule has 4 rings (SSSR count). The van der Waals surface area contributed by atoms with E-state index in [1.165, 1.54) is 30.3 Å². The fourth-order valence-corrected chi connectivity index (χ4v) is 3.92. The Balaban J connectivity index is 1.48. The lowest BCUT2D eigenvalue weighted by Gasteiger charge is -2.39. The first-order chi connectivity index (χ1) is 15.4. The summed E-state index contributed by atoms with van der Waals surface area (Å²) in [5.41, 5.74) is 1.23. The zero-order chi connectivity index (χ0) is 22.7. The number of piperidine rings is 1. The van der Waals surface area contributed by atoms with Crippen LogP contribution in [0.25, 0.3) is 11.1 Å². The molecule has 0 radical (unpaired) electrons. The second kappa shape index (κ2) is 8.78. The number of nitrogens with zero attached hydrogens (tertiary/aromatic N) is 1. The molecule has 0 saturated carbocycles. The van der Waals surface area contributed by atoms with Gasteiger partial charge in [-0.05, 0) is 67.8 Å². The lowest BCUT2D eigenvalue weighted by Crippen LogP contribution is -2.61.